The summed E-state index contributed by atoms with van der Waals surface area (Å²) in [6, 6.07) is 7.54. The highest BCUT2D eigenvalue weighted by molar-refractivity contribution is 9.10. The number of carbonyl (C=O) groups is 2. The Kier molecular flexibility index (Phi) is 7.24. The number of benzene rings is 1. The fourth-order valence-electron chi connectivity index (χ4n) is 2.99. The zero-order chi connectivity index (χ0) is 17.5. The Morgan fingerprint density at radius 3 is 2.83 bits per heavy atom. The van der Waals surface area contributed by atoms with Gasteiger partial charge in [-0.05, 0) is 44.7 Å². The normalized spacial score (nSPS) is 19.0. The third kappa shape index (κ3) is 4.80. The van der Waals surface area contributed by atoms with Crippen molar-refractivity contribution in [2.24, 2.45) is 0 Å². The molecule has 1 aliphatic heterocycles. The summed E-state index contributed by atoms with van der Waals surface area (Å²) in [7, 11) is 0. The molecule has 132 valence electrons. The summed E-state index contributed by atoms with van der Waals surface area (Å²) >= 11 is 3.53. The van der Waals surface area contributed by atoms with Crippen molar-refractivity contribution in [3.63, 3.8) is 0 Å². The van der Waals surface area contributed by atoms with Crippen LogP contribution in [-0.2, 0) is 14.3 Å². The van der Waals surface area contributed by atoms with Crippen molar-refractivity contribution in [1.82, 2.24) is 10.2 Å². The minimum atomic E-state index is -0.438. The first kappa shape index (κ1) is 18.9. The summed E-state index contributed by atoms with van der Waals surface area (Å²) in [6.07, 6.45) is 2.57. The second-order valence-electron chi connectivity index (χ2n) is 5.97. The molecule has 24 heavy (non-hydrogen) atoms. The van der Waals surface area contributed by atoms with Crippen LogP contribution in [0.2, 0.25) is 0 Å². The minimum Gasteiger partial charge on any atom is -0.464 e. The third-order valence-electron chi connectivity index (χ3n) is 4.31. The zero-order valence-corrected chi connectivity index (χ0v) is 15.8. The van der Waals surface area contributed by atoms with E-state index in [2.05, 4.69) is 21.2 Å². The van der Waals surface area contributed by atoms with E-state index in [1.807, 2.05) is 31.2 Å². The molecule has 1 aliphatic rings. The highest BCUT2D eigenvalue weighted by Crippen LogP contribution is 2.23. The minimum absolute atomic E-state index is 0.0374. The van der Waals surface area contributed by atoms with Crippen molar-refractivity contribution < 1.29 is 14.3 Å². The average Bonchev–Trinajstić information content (AvgIpc) is 2.60. The van der Waals surface area contributed by atoms with E-state index >= 15 is 0 Å². The molecular weight excluding hydrogens is 372 g/mol. The Morgan fingerprint density at radius 1 is 1.38 bits per heavy atom. The number of hydrogen-bond donors (Lipinski definition) is 1. The number of hydrogen-bond acceptors (Lipinski definition) is 4. The predicted octanol–water partition coefficient (Wildman–Crippen LogP) is 3.04. The smallest absolute Gasteiger partial charge is 0.328 e. The predicted molar refractivity (Wildman–Crippen MR) is 96.5 cm³/mol. The van der Waals surface area contributed by atoms with E-state index in [4.69, 9.17) is 4.74 Å². The molecule has 2 atom stereocenters. The van der Waals surface area contributed by atoms with E-state index in [0.29, 0.717) is 19.6 Å². The van der Waals surface area contributed by atoms with Crippen LogP contribution in [0, 0.1) is 0 Å². The Balaban J connectivity index is 1.95. The Morgan fingerprint density at radius 2 is 2.12 bits per heavy atom. The first-order chi connectivity index (χ1) is 11.5. The lowest BCUT2D eigenvalue weighted by atomic mass is 10.0. The number of carbonyl (C=O) groups excluding carboxylic acids is 2. The molecular formula is C18H25BrN2O3. The molecule has 2 rings (SSSR count). The van der Waals surface area contributed by atoms with Crippen LogP contribution in [0.25, 0.3) is 0 Å². The Labute approximate surface area is 151 Å². The van der Waals surface area contributed by atoms with Gasteiger partial charge in [-0.15, -0.1) is 0 Å². The van der Waals surface area contributed by atoms with Crippen LogP contribution in [-0.4, -0.2) is 42.5 Å². The summed E-state index contributed by atoms with van der Waals surface area (Å²) in [6.45, 7) is 4.97. The summed E-state index contributed by atoms with van der Waals surface area (Å²) in [5.41, 5.74) is 1.10. The zero-order valence-electron chi connectivity index (χ0n) is 14.3. The van der Waals surface area contributed by atoms with E-state index in [1.54, 1.807) is 11.8 Å². The van der Waals surface area contributed by atoms with Gasteiger partial charge in [0.25, 0.3) is 0 Å². The van der Waals surface area contributed by atoms with Crippen LogP contribution in [0.3, 0.4) is 0 Å². The second-order valence-corrected chi connectivity index (χ2v) is 6.83. The maximum atomic E-state index is 12.6. The van der Waals surface area contributed by atoms with Gasteiger partial charge in [-0.1, -0.05) is 34.1 Å². The third-order valence-corrected chi connectivity index (χ3v) is 5.04. The summed E-state index contributed by atoms with van der Waals surface area (Å²) in [4.78, 5) is 26.3. The molecule has 0 radical (unpaired) electrons. The first-order valence-corrected chi connectivity index (χ1v) is 9.27. The van der Waals surface area contributed by atoms with Gasteiger partial charge in [-0.3, -0.25) is 4.79 Å². The maximum Gasteiger partial charge on any atom is 0.328 e. The number of nitrogens with one attached hydrogen (secondary N) is 1. The van der Waals surface area contributed by atoms with Gasteiger partial charge < -0.3 is 15.0 Å². The molecule has 1 aromatic rings. The van der Waals surface area contributed by atoms with Crippen molar-refractivity contribution >= 4 is 27.8 Å². The fraction of sp³-hybridized carbons (Fsp3) is 0.556. The van der Waals surface area contributed by atoms with E-state index in [1.165, 1.54) is 0 Å². The van der Waals surface area contributed by atoms with E-state index in [0.717, 1.165) is 22.9 Å². The SMILES string of the molecule is CCOC(=O)C1CCCCN1C(=O)CNC(C)c1ccccc1Br. The standard InChI is InChI=1S/C18H25BrN2O3/c1-3-24-18(23)16-10-6-7-11-21(16)17(22)12-20-13(2)14-8-4-5-9-15(14)19/h4-5,8-9,13,16,20H,3,6-7,10-12H2,1-2H3. The molecule has 0 saturated carbocycles. The van der Waals surface area contributed by atoms with Crippen LogP contribution in [0.4, 0.5) is 0 Å². The van der Waals surface area contributed by atoms with Gasteiger partial charge in [0.1, 0.15) is 6.04 Å². The number of likely N-dealkylation sites (tertiary alicyclic amines) is 1. The molecule has 1 heterocycles. The van der Waals surface area contributed by atoms with Gasteiger partial charge >= 0.3 is 5.97 Å². The Hall–Kier alpha value is -1.40. The molecule has 0 bridgehead atoms. The maximum absolute atomic E-state index is 12.6. The van der Waals surface area contributed by atoms with Crippen molar-refractivity contribution in [1.29, 1.82) is 0 Å². The number of esters is 1. The van der Waals surface area contributed by atoms with Crippen LogP contribution >= 0.6 is 15.9 Å². The number of amides is 1. The van der Waals surface area contributed by atoms with Crippen LogP contribution in [0.1, 0.15) is 44.7 Å². The molecule has 0 aromatic heterocycles. The fourth-order valence-corrected chi connectivity index (χ4v) is 3.62. The molecule has 1 aromatic carbocycles. The largest absolute Gasteiger partial charge is 0.464 e. The van der Waals surface area contributed by atoms with Crippen molar-refractivity contribution in [3.05, 3.63) is 34.3 Å². The molecule has 1 fully saturated rings. The summed E-state index contributed by atoms with van der Waals surface area (Å²) in [5.74, 6) is -0.337. The molecule has 0 spiro atoms. The highest BCUT2D eigenvalue weighted by Gasteiger charge is 2.32. The van der Waals surface area contributed by atoms with Gasteiger partial charge in [0.15, 0.2) is 0 Å². The van der Waals surface area contributed by atoms with Gasteiger partial charge in [0, 0.05) is 17.1 Å². The van der Waals surface area contributed by atoms with E-state index in [-0.39, 0.29) is 24.5 Å². The number of rotatable bonds is 6. The number of ether oxygens (including phenoxy) is 1. The monoisotopic (exact) mass is 396 g/mol. The van der Waals surface area contributed by atoms with Crippen molar-refractivity contribution in [2.75, 3.05) is 19.7 Å². The van der Waals surface area contributed by atoms with Gasteiger partial charge in [-0.25, -0.2) is 4.79 Å². The van der Waals surface area contributed by atoms with Gasteiger partial charge in [-0.2, -0.15) is 0 Å². The topological polar surface area (TPSA) is 58.6 Å². The molecule has 1 N–H and O–H groups in total. The van der Waals surface area contributed by atoms with Gasteiger partial charge in [0.2, 0.25) is 5.91 Å². The Bertz CT molecular complexity index is 579. The second kappa shape index (κ2) is 9.18. The van der Waals surface area contributed by atoms with E-state index in [9.17, 15) is 9.59 Å². The summed E-state index contributed by atoms with van der Waals surface area (Å²) in [5, 5.41) is 3.25. The van der Waals surface area contributed by atoms with Crippen molar-refractivity contribution in [2.45, 2.75) is 45.2 Å². The lowest BCUT2D eigenvalue weighted by molar-refractivity contribution is -0.156. The molecule has 5 nitrogen and oxygen atoms in total. The summed E-state index contributed by atoms with van der Waals surface area (Å²) < 4.78 is 6.13. The van der Waals surface area contributed by atoms with E-state index < -0.39 is 6.04 Å². The van der Waals surface area contributed by atoms with Crippen LogP contribution in [0.15, 0.2) is 28.7 Å². The first-order valence-electron chi connectivity index (χ1n) is 8.48. The molecule has 0 aliphatic carbocycles. The quantitative estimate of drug-likeness (QED) is 0.750. The molecule has 1 amide bonds. The van der Waals surface area contributed by atoms with Crippen LogP contribution < -0.4 is 5.32 Å². The number of halogens is 1. The number of piperidine rings is 1. The van der Waals surface area contributed by atoms with Crippen LogP contribution in [0.5, 0.6) is 0 Å². The average molecular weight is 397 g/mol. The number of nitrogens with zero attached hydrogens (tertiary/aromatic N) is 1. The lowest BCUT2D eigenvalue weighted by Crippen LogP contribution is -2.51. The highest BCUT2D eigenvalue weighted by atomic mass is 79.9. The molecule has 1 saturated heterocycles. The molecule has 2 unspecified atom stereocenters. The van der Waals surface area contributed by atoms with Crippen molar-refractivity contribution in [3.8, 4) is 0 Å². The molecule has 6 heteroatoms. The van der Waals surface area contributed by atoms with Gasteiger partial charge in [0.05, 0.1) is 13.2 Å². The lowest BCUT2D eigenvalue weighted by Gasteiger charge is -2.34.